The van der Waals surface area contributed by atoms with E-state index in [-0.39, 0.29) is 33.0 Å². The van der Waals surface area contributed by atoms with Gasteiger partial charge in [-0.25, -0.2) is 0 Å². The van der Waals surface area contributed by atoms with Gasteiger partial charge in [0.2, 0.25) is 0 Å². The Morgan fingerprint density at radius 2 is 1.20 bits per heavy atom. The number of carbonyl (C=O) groups excluding carboxylic acids is 1. The number of carboxylic acids is 1. The van der Waals surface area contributed by atoms with Gasteiger partial charge in [0.15, 0.2) is 0 Å². The van der Waals surface area contributed by atoms with E-state index in [0.717, 1.165) is 19.3 Å². The Balaban J connectivity index is 5.93. The molecule has 0 spiro atoms. The summed E-state index contributed by atoms with van der Waals surface area (Å²) >= 11 is 0. The highest BCUT2D eigenvalue weighted by Gasteiger charge is 2.52. The summed E-state index contributed by atoms with van der Waals surface area (Å²) in [6.45, 7) is 33.8. The third-order valence-corrected chi connectivity index (χ3v) is 9.02. The molecule has 0 saturated carbocycles. The Hall–Kier alpha value is -1.06. The van der Waals surface area contributed by atoms with Gasteiger partial charge in [0.05, 0.1) is 11.3 Å². The zero-order valence-corrected chi connectivity index (χ0v) is 26.3. The molecule has 0 rings (SSSR count). The van der Waals surface area contributed by atoms with Crippen LogP contribution in [0, 0.1) is 38.4 Å². The van der Waals surface area contributed by atoms with Crippen molar-refractivity contribution in [1.82, 2.24) is 0 Å². The topological polar surface area (TPSA) is 63.6 Å². The molecule has 0 aliphatic rings. The quantitative estimate of drug-likeness (QED) is 0.290. The lowest BCUT2D eigenvalue weighted by molar-refractivity contribution is -0.192. The normalized spacial score (nSPS) is 18.4. The second kappa shape index (κ2) is 10.7. The zero-order valence-electron chi connectivity index (χ0n) is 26.3. The van der Waals surface area contributed by atoms with Gasteiger partial charge in [0.25, 0.3) is 0 Å². The van der Waals surface area contributed by atoms with Crippen LogP contribution >= 0.6 is 0 Å². The molecule has 3 atom stereocenters. The fraction of sp³-hybridized carbons (Fsp3) is 0.935. The van der Waals surface area contributed by atoms with Crippen molar-refractivity contribution in [2.24, 2.45) is 38.4 Å². The van der Waals surface area contributed by atoms with E-state index in [1.54, 1.807) is 0 Å². The maximum Gasteiger partial charge on any atom is 0.312 e. The fourth-order valence-corrected chi connectivity index (χ4v) is 4.91. The molecule has 0 amide bonds. The first-order valence-electron chi connectivity index (χ1n) is 13.6. The van der Waals surface area contributed by atoms with Gasteiger partial charge >= 0.3 is 11.9 Å². The van der Waals surface area contributed by atoms with Crippen LogP contribution in [0.5, 0.6) is 0 Å². The lowest BCUT2D eigenvalue weighted by Crippen LogP contribution is -2.51. The molecule has 208 valence electrons. The minimum absolute atomic E-state index is 0.0522. The highest BCUT2D eigenvalue weighted by atomic mass is 16.6. The SMILES string of the molecule is CCC(C)(OC(=O)C(C)(CC(C)(C)CCC(C)(C)C(CC(C)(C)C)C(=O)O)C(C)(C)C)C(C)(C)C. The maximum atomic E-state index is 13.9. The third-order valence-electron chi connectivity index (χ3n) is 9.02. The molecule has 0 aromatic rings. The molecule has 0 aromatic heterocycles. The van der Waals surface area contributed by atoms with Gasteiger partial charge in [-0.15, -0.1) is 0 Å². The molecule has 0 saturated heterocycles. The van der Waals surface area contributed by atoms with Crippen LogP contribution in [0.15, 0.2) is 0 Å². The van der Waals surface area contributed by atoms with E-state index >= 15 is 0 Å². The van der Waals surface area contributed by atoms with Gasteiger partial charge in [-0.3, -0.25) is 9.59 Å². The fourth-order valence-electron chi connectivity index (χ4n) is 4.91. The lowest BCUT2D eigenvalue weighted by atomic mass is 9.59. The maximum absolute atomic E-state index is 13.9. The average molecular weight is 497 g/mol. The number of aliphatic carboxylic acids is 1. The molecule has 0 fully saturated rings. The van der Waals surface area contributed by atoms with E-state index < -0.39 is 22.9 Å². The average Bonchev–Trinajstić information content (AvgIpc) is 2.61. The number of hydrogen-bond acceptors (Lipinski definition) is 3. The Morgan fingerprint density at radius 1 is 0.743 bits per heavy atom. The standard InChI is InChI=1S/C31H60O4/c1-17-31(16,27(8,9)10)35-24(34)30(15,26(5,6)7)21-28(11,12)18-19-29(13,14)22(23(32)33)20-25(2,3)4/h22H,17-21H2,1-16H3,(H,32,33). The Labute approximate surface area is 218 Å². The Bertz CT molecular complexity index is 727. The van der Waals surface area contributed by atoms with Crippen LogP contribution in [-0.2, 0) is 14.3 Å². The van der Waals surface area contributed by atoms with Crippen molar-refractivity contribution in [3.05, 3.63) is 0 Å². The number of ether oxygens (including phenoxy) is 1. The number of carboxylic acid groups (broad SMARTS) is 1. The molecular formula is C31H60O4. The minimum Gasteiger partial charge on any atom is -0.481 e. The first-order valence-corrected chi connectivity index (χ1v) is 13.6. The van der Waals surface area contributed by atoms with Crippen molar-refractivity contribution >= 4 is 11.9 Å². The molecule has 0 radical (unpaired) electrons. The van der Waals surface area contributed by atoms with Crippen LogP contribution in [-0.4, -0.2) is 22.6 Å². The monoisotopic (exact) mass is 496 g/mol. The van der Waals surface area contributed by atoms with E-state index in [9.17, 15) is 14.7 Å². The molecule has 4 nitrogen and oxygen atoms in total. The molecule has 0 aliphatic carbocycles. The van der Waals surface area contributed by atoms with Crippen molar-refractivity contribution in [3.63, 3.8) is 0 Å². The summed E-state index contributed by atoms with van der Waals surface area (Å²) in [6, 6.07) is 0. The molecule has 35 heavy (non-hydrogen) atoms. The van der Waals surface area contributed by atoms with E-state index in [1.807, 2.05) is 6.92 Å². The lowest BCUT2D eigenvalue weighted by Gasteiger charge is -2.49. The van der Waals surface area contributed by atoms with Crippen molar-refractivity contribution in [1.29, 1.82) is 0 Å². The van der Waals surface area contributed by atoms with Crippen molar-refractivity contribution in [3.8, 4) is 0 Å². The van der Waals surface area contributed by atoms with E-state index in [2.05, 4.69) is 104 Å². The number of hydrogen-bond donors (Lipinski definition) is 1. The smallest absolute Gasteiger partial charge is 0.312 e. The largest absolute Gasteiger partial charge is 0.481 e. The molecule has 4 heteroatoms. The summed E-state index contributed by atoms with van der Waals surface area (Å²) in [4.78, 5) is 26.0. The van der Waals surface area contributed by atoms with Crippen molar-refractivity contribution in [2.75, 3.05) is 0 Å². The predicted molar refractivity (Wildman–Crippen MR) is 148 cm³/mol. The summed E-state index contributed by atoms with van der Waals surface area (Å²) in [6.07, 6.45) is 3.71. The molecule has 0 heterocycles. The highest BCUT2D eigenvalue weighted by Crippen LogP contribution is 2.52. The molecule has 0 aliphatic heterocycles. The van der Waals surface area contributed by atoms with E-state index in [0.29, 0.717) is 12.8 Å². The summed E-state index contributed by atoms with van der Waals surface area (Å²) in [5.74, 6) is -1.26. The van der Waals surface area contributed by atoms with Crippen LogP contribution in [0.25, 0.3) is 0 Å². The Morgan fingerprint density at radius 3 is 1.51 bits per heavy atom. The van der Waals surface area contributed by atoms with Crippen LogP contribution in [0.3, 0.4) is 0 Å². The second-order valence-electron chi connectivity index (χ2n) is 16.3. The van der Waals surface area contributed by atoms with Crippen LogP contribution in [0.2, 0.25) is 0 Å². The van der Waals surface area contributed by atoms with Crippen LogP contribution < -0.4 is 0 Å². The van der Waals surface area contributed by atoms with Gasteiger partial charge in [0, 0.05) is 5.41 Å². The Kier molecular flexibility index (Phi) is 10.4. The van der Waals surface area contributed by atoms with E-state index in [4.69, 9.17) is 4.74 Å². The molecule has 1 N–H and O–H groups in total. The van der Waals surface area contributed by atoms with Gasteiger partial charge in [-0.1, -0.05) is 96.9 Å². The molecule has 3 unspecified atom stereocenters. The number of esters is 1. The van der Waals surface area contributed by atoms with Gasteiger partial charge in [-0.2, -0.15) is 0 Å². The number of carbonyl (C=O) groups is 2. The van der Waals surface area contributed by atoms with Crippen LogP contribution in [0.4, 0.5) is 0 Å². The third kappa shape index (κ3) is 9.08. The predicted octanol–water partition coefficient (Wildman–Crippen LogP) is 9.16. The first-order chi connectivity index (χ1) is 15.1. The van der Waals surface area contributed by atoms with Crippen molar-refractivity contribution in [2.45, 2.75) is 148 Å². The second-order valence-corrected chi connectivity index (χ2v) is 16.3. The highest BCUT2D eigenvalue weighted by molar-refractivity contribution is 5.78. The number of rotatable bonds is 11. The van der Waals surface area contributed by atoms with Gasteiger partial charge in [-0.05, 0) is 67.6 Å². The van der Waals surface area contributed by atoms with Gasteiger partial charge < -0.3 is 9.84 Å². The van der Waals surface area contributed by atoms with Gasteiger partial charge in [0.1, 0.15) is 5.60 Å². The summed E-state index contributed by atoms with van der Waals surface area (Å²) < 4.78 is 6.34. The summed E-state index contributed by atoms with van der Waals surface area (Å²) in [5, 5.41) is 10.0. The molecular weight excluding hydrogens is 436 g/mol. The minimum atomic E-state index is -0.716. The van der Waals surface area contributed by atoms with Crippen LogP contribution in [0.1, 0.15) is 143 Å². The van der Waals surface area contributed by atoms with Crippen molar-refractivity contribution < 1.29 is 19.4 Å². The van der Waals surface area contributed by atoms with E-state index in [1.165, 1.54) is 0 Å². The summed E-state index contributed by atoms with van der Waals surface area (Å²) in [7, 11) is 0. The molecule has 0 bridgehead atoms. The first kappa shape index (κ1) is 33.9. The summed E-state index contributed by atoms with van der Waals surface area (Å²) in [5.41, 5.74) is -2.25. The molecule has 0 aromatic carbocycles. The zero-order chi connectivity index (χ0) is 28.5.